The molecule has 0 aliphatic carbocycles. The van der Waals surface area contributed by atoms with Crippen LogP contribution >= 0.6 is 11.8 Å². The van der Waals surface area contributed by atoms with Gasteiger partial charge in [0.05, 0.1) is 13.2 Å². The van der Waals surface area contributed by atoms with Gasteiger partial charge in [-0.1, -0.05) is 0 Å². The van der Waals surface area contributed by atoms with E-state index in [9.17, 15) is 0 Å². The van der Waals surface area contributed by atoms with Crippen molar-refractivity contribution in [2.75, 3.05) is 36.6 Å². The van der Waals surface area contributed by atoms with E-state index in [0.29, 0.717) is 0 Å². The van der Waals surface area contributed by atoms with Crippen molar-refractivity contribution in [3.05, 3.63) is 12.2 Å². The Morgan fingerprint density at radius 3 is 2.95 bits per heavy atom. The summed E-state index contributed by atoms with van der Waals surface area (Å²) in [6, 6.07) is 0. The highest BCUT2D eigenvalue weighted by atomic mass is 32.2. The number of aryl methyl sites for hydroxylation is 1. The topological polar surface area (TPSA) is 81.0 Å². The van der Waals surface area contributed by atoms with Crippen LogP contribution in [0.25, 0.3) is 0 Å². The van der Waals surface area contributed by atoms with Crippen LogP contribution in [0.3, 0.4) is 0 Å². The summed E-state index contributed by atoms with van der Waals surface area (Å²) in [6.07, 6.45) is 1.59. The molecule has 2 aromatic rings. The first-order valence-corrected chi connectivity index (χ1v) is 7.19. The summed E-state index contributed by atoms with van der Waals surface area (Å²) in [5, 5.41) is 9.86. The fourth-order valence-corrected chi connectivity index (χ4v) is 3.15. The standard InChI is InChI=1S/C11H13N7OS/c1-7-14-15-11-18(7)16-8-9(12-6-13-10(8)20-11)17-2-4-19-5-3-17/h6,16H,2-5H2,1H3. The third-order valence-electron chi connectivity index (χ3n) is 3.31. The summed E-state index contributed by atoms with van der Waals surface area (Å²) in [5.74, 6) is 1.72. The van der Waals surface area contributed by atoms with E-state index in [1.807, 2.05) is 11.6 Å². The van der Waals surface area contributed by atoms with Gasteiger partial charge in [0, 0.05) is 13.1 Å². The molecule has 0 aromatic carbocycles. The van der Waals surface area contributed by atoms with Crippen LogP contribution in [0, 0.1) is 6.92 Å². The van der Waals surface area contributed by atoms with Gasteiger partial charge in [-0.25, -0.2) is 14.6 Å². The van der Waals surface area contributed by atoms with Crippen LogP contribution < -0.4 is 10.3 Å². The SMILES string of the molecule is Cc1nnc2n1Nc1c(ncnc1N1CCOCC1)S2. The van der Waals surface area contributed by atoms with E-state index in [-0.39, 0.29) is 0 Å². The minimum Gasteiger partial charge on any atom is -0.378 e. The second-order valence-corrected chi connectivity index (χ2v) is 5.51. The zero-order chi connectivity index (χ0) is 13.5. The Balaban J connectivity index is 1.75. The fourth-order valence-electron chi connectivity index (χ4n) is 2.29. The fraction of sp³-hybridized carbons (Fsp3) is 0.455. The average Bonchev–Trinajstić information content (AvgIpc) is 2.86. The molecule has 2 aliphatic heterocycles. The molecule has 1 saturated heterocycles. The van der Waals surface area contributed by atoms with Crippen molar-refractivity contribution < 1.29 is 4.74 Å². The van der Waals surface area contributed by atoms with Crippen LogP contribution in [-0.2, 0) is 4.74 Å². The van der Waals surface area contributed by atoms with E-state index >= 15 is 0 Å². The number of rotatable bonds is 1. The highest BCUT2D eigenvalue weighted by Gasteiger charge is 2.26. The number of hydrogen-bond acceptors (Lipinski definition) is 8. The zero-order valence-electron chi connectivity index (χ0n) is 10.9. The van der Waals surface area contributed by atoms with Gasteiger partial charge in [-0.3, -0.25) is 5.43 Å². The van der Waals surface area contributed by atoms with E-state index in [2.05, 4.69) is 30.5 Å². The van der Waals surface area contributed by atoms with E-state index in [1.165, 1.54) is 11.8 Å². The minimum atomic E-state index is 0.725. The lowest BCUT2D eigenvalue weighted by atomic mass is 10.3. The third-order valence-corrected chi connectivity index (χ3v) is 4.26. The number of fused-ring (bicyclic) bond motifs is 2. The maximum atomic E-state index is 5.39. The largest absolute Gasteiger partial charge is 0.378 e. The Labute approximate surface area is 119 Å². The number of aromatic nitrogens is 5. The molecule has 0 saturated carbocycles. The van der Waals surface area contributed by atoms with Gasteiger partial charge < -0.3 is 9.64 Å². The highest BCUT2D eigenvalue weighted by molar-refractivity contribution is 7.99. The number of morpholine rings is 1. The molecule has 4 heterocycles. The van der Waals surface area contributed by atoms with Gasteiger partial charge in [-0.05, 0) is 18.7 Å². The molecule has 4 rings (SSSR count). The smallest absolute Gasteiger partial charge is 0.216 e. The normalized spacial score (nSPS) is 17.4. The van der Waals surface area contributed by atoms with Crippen molar-refractivity contribution in [1.29, 1.82) is 0 Å². The lowest BCUT2D eigenvalue weighted by Crippen LogP contribution is -2.37. The lowest BCUT2D eigenvalue weighted by Gasteiger charge is -2.31. The molecule has 9 heteroatoms. The van der Waals surface area contributed by atoms with Crippen LogP contribution in [-0.4, -0.2) is 51.1 Å². The second-order valence-electron chi connectivity index (χ2n) is 4.56. The summed E-state index contributed by atoms with van der Waals surface area (Å²) >= 11 is 1.50. The van der Waals surface area contributed by atoms with Crippen LogP contribution in [0.5, 0.6) is 0 Å². The van der Waals surface area contributed by atoms with Crippen LogP contribution in [0.4, 0.5) is 11.5 Å². The van der Waals surface area contributed by atoms with Crippen molar-refractivity contribution in [3.63, 3.8) is 0 Å². The highest BCUT2D eigenvalue weighted by Crippen LogP contribution is 2.39. The quantitative estimate of drug-likeness (QED) is 0.651. The van der Waals surface area contributed by atoms with Crippen LogP contribution in [0.2, 0.25) is 0 Å². The number of anilines is 2. The number of nitrogens with zero attached hydrogens (tertiary/aromatic N) is 6. The molecule has 8 nitrogen and oxygen atoms in total. The zero-order valence-corrected chi connectivity index (χ0v) is 11.7. The van der Waals surface area contributed by atoms with E-state index in [4.69, 9.17) is 4.74 Å². The first-order chi connectivity index (χ1) is 9.83. The van der Waals surface area contributed by atoms with Crippen LogP contribution in [0.15, 0.2) is 16.5 Å². The van der Waals surface area contributed by atoms with E-state index < -0.39 is 0 Å². The Morgan fingerprint density at radius 1 is 1.25 bits per heavy atom. The average molecular weight is 291 g/mol. The summed E-state index contributed by atoms with van der Waals surface area (Å²) in [7, 11) is 0. The summed E-state index contributed by atoms with van der Waals surface area (Å²) in [5.41, 5.74) is 4.23. The molecular weight excluding hydrogens is 278 g/mol. The van der Waals surface area contributed by atoms with Gasteiger partial charge >= 0.3 is 0 Å². The number of hydrogen-bond donors (Lipinski definition) is 1. The molecule has 0 bridgehead atoms. The minimum absolute atomic E-state index is 0.725. The molecule has 1 N–H and O–H groups in total. The van der Waals surface area contributed by atoms with Gasteiger partial charge in [0.15, 0.2) is 5.82 Å². The maximum absolute atomic E-state index is 5.39. The molecule has 2 aromatic heterocycles. The molecule has 0 amide bonds. The summed E-state index contributed by atoms with van der Waals surface area (Å²) in [6.45, 7) is 5.03. The molecule has 2 aliphatic rings. The van der Waals surface area contributed by atoms with E-state index in [0.717, 1.165) is 53.8 Å². The van der Waals surface area contributed by atoms with E-state index in [1.54, 1.807) is 6.33 Å². The molecule has 1 fully saturated rings. The molecule has 0 atom stereocenters. The summed E-state index contributed by atoms with van der Waals surface area (Å²) < 4.78 is 7.25. The number of nitrogens with one attached hydrogen (secondary N) is 1. The Bertz CT molecular complexity index is 652. The van der Waals surface area contributed by atoms with Gasteiger partial charge in [0.2, 0.25) is 5.16 Å². The third kappa shape index (κ3) is 1.81. The first kappa shape index (κ1) is 11.9. The predicted molar refractivity (Wildman–Crippen MR) is 73.0 cm³/mol. The Morgan fingerprint density at radius 2 is 2.10 bits per heavy atom. The summed E-state index contributed by atoms with van der Waals surface area (Å²) in [4.78, 5) is 11.0. The first-order valence-electron chi connectivity index (χ1n) is 6.37. The van der Waals surface area contributed by atoms with Gasteiger partial charge in [0.25, 0.3) is 0 Å². The van der Waals surface area contributed by atoms with Crippen molar-refractivity contribution in [3.8, 4) is 0 Å². The lowest BCUT2D eigenvalue weighted by molar-refractivity contribution is 0.122. The second kappa shape index (κ2) is 4.60. The van der Waals surface area contributed by atoms with Gasteiger partial charge in [-0.2, -0.15) is 0 Å². The van der Waals surface area contributed by atoms with Crippen molar-refractivity contribution >= 4 is 23.3 Å². The van der Waals surface area contributed by atoms with Crippen molar-refractivity contribution in [1.82, 2.24) is 24.8 Å². The molecular formula is C11H13N7OS. The molecule has 20 heavy (non-hydrogen) atoms. The molecule has 0 unspecified atom stereocenters. The molecule has 0 spiro atoms. The van der Waals surface area contributed by atoms with Crippen LogP contribution in [0.1, 0.15) is 5.82 Å². The Kier molecular flexibility index (Phi) is 2.74. The van der Waals surface area contributed by atoms with Gasteiger partial charge in [0.1, 0.15) is 22.9 Å². The Hall–Kier alpha value is -1.87. The van der Waals surface area contributed by atoms with Crippen molar-refractivity contribution in [2.24, 2.45) is 0 Å². The maximum Gasteiger partial charge on any atom is 0.216 e. The molecule has 0 radical (unpaired) electrons. The van der Waals surface area contributed by atoms with Gasteiger partial charge in [-0.15, -0.1) is 10.2 Å². The molecule has 104 valence electrons. The predicted octanol–water partition coefficient (Wildman–Crippen LogP) is 0.553. The van der Waals surface area contributed by atoms with Crippen molar-refractivity contribution in [2.45, 2.75) is 17.1 Å². The number of ether oxygens (including phenoxy) is 1. The monoisotopic (exact) mass is 291 g/mol.